The first-order chi connectivity index (χ1) is 4.25. The fourth-order valence-electron chi connectivity index (χ4n) is 0.636. The van der Waals surface area contributed by atoms with Crippen LogP contribution >= 0.6 is 24.0 Å². The zero-order chi connectivity index (χ0) is 6.85. The van der Waals surface area contributed by atoms with Crippen molar-refractivity contribution in [3.05, 3.63) is 0 Å². The van der Waals surface area contributed by atoms with E-state index in [-0.39, 0.29) is 5.37 Å². The lowest BCUT2D eigenvalue weighted by Crippen LogP contribution is -2.42. The van der Waals surface area contributed by atoms with Crippen LogP contribution in [0.15, 0.2) is 0 Å². The summed E-state index contributed by atoms with van der Waals surface area (Å²) in [5.41, 5.74) is 0. The molecule has 1 heterocycles. The zero-order valence-corrected chi connectivity index (χ0v) is 6.36. The Balaban J connectivity index is 2.50. The van der Waals surface area contributed by atoms with E-state index in [2.05, 4.69) is 12.2 Å². The molecule has 52 valence electrons. The largest absolute Gasteiger partial charge is 0.376 e. The van der Waals surface area contributed by atoms with Gasteiger partial charge in [-0.2, -0.15) is 0 Å². The van der Waals surface area contributed by atoms with Crippen molar-refractivity contribution < 1.29 is 5.11 Å². The molecule has 0 amide bonds. The third-order valence-electron chi connectivity index (χ3n) is 1.17. The second-order valence-electron chi connectivity index (χ2n) is 1.79. The number of hydrazine groups is 1. The molecule has 1 aliphatic heterocycles. The van der Waals surface area contributed by atoms with Crippen molar-refractivity contribution in [2.75, 3.05) is 5.75 Å². The van der Waals surface area contributed by atoms with Crippen LogP contribution in [0.2, 0.25) is 0 Å². The molecule has 1 aliphatic rings. The van der Waals surface area contributed by atoms with Gasteiger partial charge >= 0.3 is 0 Å². The lowest BCUT2D eigenvalue weighted by molar-refractivity contribution is 0.0386. The Morgan fingerprint density at radius 1 is 1.89 bits per heavy atom. The highest BCUT2D eigenvalue weighted by molar-refractivity contribution is 8.01. The molecular formula is C4H8N2OS2. The first-order valence-corrected chi connectivity index (χ1v) is 4.05. The van der Waals surface area contributed by atoms with Crippen LogP contribution in [-0.4, -0.2) is 32.8 Å². The second kappa shape index (κ2) is 2.94. The molecule has 1 rings (SSSR count). The molecule has 0 aromatic rings. The fourth-order valence-corrected chi connectivity index (χ4v) is 1.94. The smallest absolute Gasteiger partial charge is 0.130 e. The van der Waals surface area contributed by atoms with E-state index in [1.807, 2.05) is 0 Å². The van der Waals surface area contributed by atoms with Crippen LogP contribution in [-0.2, 0) is 0 Å². The summed E-state index contributed by atoms with van der Waals surface area (Å²) in [5.74, 6) is 6.04. The third kappa shape index (κ3) is 1.42. The summed E-state index contributed by atoms with van der Waals surface area (Å²) in [6.45, 7) is 0. The van der Waals surface area contributed by atoms with Crippen molar-refractivity contribution in [1.29, 1.82) is 0 Å². The summed E-state index contributed by atoms with van der Waals surface area (Å²) < 4.78 is 0. The maximum atomic E-state index is 9.01. The Kier molecular flexibility index (Phi) is 2.42. The van der Waals surface area contributed by atoms with Gasteiger partial charge < -0.3 is 5.11 Å². The average Bonchev–Trinajstić information content (AvgIpc) is 2.15. The van der Waals surface area contributed by atoms with Gasteiger partial charge in [-0.25, -0.2) is 5.01 Å². The molecule has 9 heavy (non-hydrogen) atoms. The standard InChI is InChI=1S/C4H8N2OS2/c5-6-3(7)2-9-4(6)1-8/h1,3-4,7H,2,5H2. The molecule has 3 nitrogen and oxygen atoms in total. The quantitative estimate of drug-likeness (QED) is 0.406. The molecule has 0 aromatic carbocycles. The van der Waals surface area contributed by atoms with Gasteiger partial charge in [0.1, 0.15) is 11.6 Å². The van der Waals surface area contributed by atoms with Gasteiger partial charge in [-0.15, -0.1) is 11.8 Å². The highest BCUT2D eigenvalue weighted by Crippen LogP contribution is 2.22. The average molecular weight is 164 g/mol. The van der Waals surface area contributed by atoms with Gasteiger partial charge in [-0.3, -0.25) is 5.84 Å². The van der Waals surface area contributed by atoms with E-state index < -0.39 is 6.23 Å². The minimum atomic E-state index is -0.529. The number of hydrogen-bond acceptors (Lipinski definition) is 5. The summed E-state index contributed by atoms with van der Waals surface area (Å²) >= 11 is 6.21. The lowest BCUT2D eigenvalue weighted by Gasteiger charge is -2.15. The van der Waals surface area contributed by atoms with Crippen LogP contribution in [0.4, 0.5) is 0 Å². The van der Waals surface area contributed by atoms with Crippen molar-refractivity contribution in [3.8, 4) is 0 Å². The molecular weight excluding hydrogens is 156 g/mol. The van der Waals surface area contributed by atoms with Gasteiger partial charge in [-0.05, 0) is 0 Å². The SMILES string of the molecule is NN1C(O)CSC1C=S. The Bertz CT molecular complexity index is 121. The van der Waals surface area contributed by atoms with E-state index in [1.54, 1.807) is 17.1 Å². The van der Waals surface area contributed by atoms with Crippen molar-refractivity contribution >= 4 is 29.3 Å². The predicted molar refractivity (Wildman–Crippen MR) is 41.9 cm³/mol. The first-order valence-electron chi connectivity index (χ1n) is 2.53. The molecule has 2 unspecified atom stereocenters. The summed E-state index contributed by atoms with van der Waals surface area (Å²) in [4.78, 5) is 0. The van der Waals surface area contributed by atoms with E-state index in [0.29, 0.717) is 5.75 Å². The van der Waals surface area contributed by atoms with Crippen molar-refractivity contribution in [1.82, 2.24) is 5.01 Å². The number of hydrogen-bond donors (Lipinski definition) is 2. The van der Waals surface area contributed by atoms with Crippen molar-refractivity contribution in [3.63, 3.8) is 0 Å². The normalized spacial score (nSPS) is 37.1. The molecule has 2 atom stereocenters. The number of thioether (sulfide) groups is 1. The molecule has 0 aromatic heterocycles. The summed E-state index contributed by atoms with van der Waals surface area (Å²) in [7, 11) is 0. The molecule has 3 N–H and O–H groups in total. The first kappa shape index (κ1) is 7.43. The molecule has 0 spiro atoms. The summed E-state index contributed by atoms with van der Waals surface area (Å²) in [5, 5.41) is 11.9. The maximum Gasteiger partial charge on any atom is 0.130 e. The minimum Gasteiger partial charge on any atom is -0.376 e. The van der Waals surface area contributed by atoms with Crippen LogP contribution in [0.3, 0.4) is 0 Å². The number of thiocarbonyl (C=S) groups is 1. The zero-order valence-electron chi connectivity index (χ0n) is 4.73. The van der Waals surface area contributed by atoms with E-state index in [9.17, 15) is 0 Å². The van der Waals surface area contributed by atoms with E-state index in [0.717, 1.165) is 0 Å². The van der Waals surface area contributed by atoms with Gasteiger partial charge in [0.2, 0.25) is 0 Å². The van der Waals surface area contributed by atoms with Gasteiger partial charge in [0.05, 0.1) is 0 Å². The number of aliphatic hydroxyl groups excluding tert-OH is 1. The van der Waals surface area contributed by atoms with Crippen LogP contribution in [0.1, 0.15) is 0 Å². The van der Waals surface area contributed by atoms with Crippen LogP contribution in [0.25, 0.3) is 0 Å². The minimum absolute atomic E-state index is 0.00926. The number of nitrogens with two attached hydrogens (primary N) is 1. The van der Waals surface area contributed by atoms with Crippen LogP contribution < -0.4 is 5.84 Å². The molecule has 0 aliphatic carbocycles. The topological polar surface area (TPSA) is 49.5 Å². The maximum absolute atomic E-state index is 9.01. The Labute approximate surface area is 63.2 Å². The fraction of sp³-hybridized carbons (Fsp3) is 0.750. The van der Waals surface area contributed by atoms with Crippen molar-refractivity contribution in [2.45, 2.75) is 11.6 Å². The van der Waals surface area contributed by atoms with Gasteiger partial charge in [-0.1, -0.05) is 12.2 Å². The molecule has 0 radical (unpaired) electrons. The van der Waals surface area contributed by atoms with E-state index >= 15 is 0 Å². The van der Waals surface area contributed by atoms with Gasteiger partial charge in [0, 0.05) is 11.1 Å². The number of nitrogens with zero attached hydrogens (tertiary/aromatic N) is 1. The molecule has 0 saturated carbocycles. The highest BCUT2D eigenvalue weighted by Gasteiger charge is 2.27. The summed E-state index contributed by atoms with van der Waals surface area (Å²) in [6.07, 6.45) is -0.529. The van der Waals surface area contributed by atoms with E-state index in [4.69, 9.17) is 10.9 Å². The van der Waals surface area contributed by atoms with Crippen LogP contribution in [0, 0.1) is 0 Å². The molecule has 5 heteroatoms. The molecule has 1 saturated heterocycles. The Morgan fingerprint density at radius 3 is 2.78 bits per heavy atom. The Morgan fingerprint density at radius 2 is 2.56 bits per heavy atom. The number of aliphatic hydroxyl groups is 1. The van der Waals surface area contributed by atoms with E-state index in [1.165, 1.54) is 5.01 Å². The van der Waals surface area contributed by atoms with Crippen molar-refractivity contribution in [2.24, 2.45) is 5.84 Å². The van der Waals surface area contributed by atoms with Gasteiger partial charge in [0.25, 0.3) is 0 Å². The highest BCUT2D eigenvalue weighted by atomic mass is 32.2. The van der Waals surface area contributed by atoms with Gasteiger partial charge in [0.15, 0.2) is 0 Å². The third-order valence-corrected chi connectivity index (χ3v) is 2.81. The summed E-state index contributed by atoms with van der Waals surface area (Å²) in [6, 6.07) is 0. The molecule has 1 fully saturated rings. The van der Waals surface area contributed by atoms with Crippen LogP contribution in [0.5, 0.6) is 0 Å². The second-order valence-corrected chi connectivity index (χ2v) is 3.21. The Hall–Kier alpha value is 0.320. The lowest BCUT2D eigenvalue weighted by atomic mass is 10.6. The number of rotatable bonds is 1. The monoisotopic (exact) mass is 164 g/mol. The molecule has 0 bridgehead atoms. The predicted octanol–water partition coefficient (Wildman–Crippen LogP) is -0.447.